The highest BCUT2D eigenvalue weighted by molar-refractivity contribution is 8.05. The van der Waals surface area contributed by atoms with Gasteiger partial charge < -0.3 is 5.73 Å². The zero-order chi connectivity index (χ0) is 14.5. The van der Waals surface area contributed by atoms with Crippen molar-refractivity contribution in [3.05, 3.63) is 29.3 Å². The number of thiocyanates is 2. The summed E-state index contributed by atoms with van der Waals surface area (Å²) in [6, 6.07) is 5.64. The molecule has 1 rings (SSSR count). The first-order valence-corrected chi connectivity index (χ1v) is 7.08. The lowest BCUT2D eigenvalue weighted by Crippen LogP contribution is -2.39. The van der Waals surface area contributed by atoms with Gasteiger partial charge in [0.2, 0.25) is 5.91 Å². The third-order valence-corrected chi connectivity index (χ3v) is 4.38. The Morgan fingerprint density at radius 1 is 1.42 bits per heavy atom. The predicted molar refractivity (Wildman–Crippen MR) is 77.2 cm³/mol. The predicted octanol–water partition coefficient (Wildman–Crippen LogP) is 2.57. The van der Waals surface area contributed by atoms with Crippen LogP contribution in [0.25, 0.3) is 0 Å². The van der Waals surface area contributed by atoms with Gasteiger partial charge in [-0.1, -0.05) is 12.1 Å². The Labute approximate surface area is 121 Å². The first kappa shape index (κ1) is 15.4. The summed E-state index contributed by atoms with van der Waals surface area (Å²) >= 11 is 1.95. The van der Waals surface area contributed by atoms with Crippen molar-refractivity contribution in [3.8, 4) is 10.8 Å². The summed E-state index contributed by atoms with van der Waals surface area (Å²) in [6.07, 6.45) is 0.361. The zero-order valence-electron chi connectivity index (χ0n) is 10.6. The number of carbonyl (C=O) groups excluding carboxylic acids is 1. The lowest BCUT2D eigenvalue weighted by molar-refractivity contribution is -0.119. The topological polar surface area (TPSA) is 90.7 Å². The van der Waals surface area contributed by atoms with E-state index in [0.717, 1.165) is 39.5 Å². The molecule has 0 bridgehead atoms. The number of aryl methyl sites for hydroxylation is 1. The normalized spacial score (nSPS) is 13.1. The Hall–Kier alpha value is -1.63. The monoisotopic (exact) mass is 291 g/mol. The Balaban J connectivity index is 3.05. The van der Waals surface area contributed by atoms with Gasteiger partial charge in [0, 0.05) is 4.90 Å². The summed E-state index contributed by atoms with van der Waals surface area (Å²) < 4.78 is -0.960. The highest BCUT2D eigenvalue weighted by Crippen LogP contribution is 2.30. The molecule has 0 radical (unpaired) electrons. The second-order valence-corrected chi connectivity index (χ2v) is 6.37. The molecule has 0 aromatic heterocycles. The van der Waals surface area contributed by atoms with Crippen molar-refractivity contribution >= 4 is 29.4 Å². The number of amides is 1. The van der Waals surface area contributed by atoms with Crippen molar-refractivity contribution in [2.45, 2.75) is 29.9 Å². The van der Waals surface area contributed by atoms with E-state index in [1.165, 1.54) is 0 Å². The molecule has 1 unspecified atom stereocenters. The molecule has 2 N–H and O–H groups in total. The minimum atomic E-state index is -0.960. The fraction of sp³-hybridized carbons (Fsp3) is 0.308. The maximum atomic E-state index is 11.5. The van der Waals surface area contributed by atoms with Crippen molar-refractivity contribution in [2.75, 3.05) is 0 Å². The highest BCUT2D eigenvalue weighted by Gasteiger charge is 2.32. The van der Waals surface area contributed by atoms with Crippen LogP contribution in [-0.4, -0.2) is 10.7 Å². The van der Waals surface area contributed by atoms with Crippen LogP contribution in [0, 0.1) is 28.3 Å². The minimum absolute atomic E-state index is 0.361. The van der Waals surface area contributed by atoms with E-state index in [2.05, 4.69) is 0 Å². The summed E-state index contributed by atoms with van der Waals surface area (Å²) in [7, 11) is 0. The first-order chi connectivity index (χ1) is 8.92. The van der Waals surface area contributed by atoms with Crippen LogP contribution in [-0.2, 0) is 11.2 Å². The summed E-state index contributed by atoms with van der Waals surface area (Å²) in [4.78, 5) is 12.3. The summed E-state index contributed by atoms with van der Waals surface area (Å²) in [6.45, 7) is 3.57. The van der Waals surface area contributed by atoms with Crippen LogP contribution in [0.3, 0.4) is 0 Å². The fourth-order valence-electron chi connectivity index (χ4n) is 1.58. The quantitative estimate of drug-likeness (QED) is 0.665. The average molecular weight is 291 g/mol. The number of rotatable bonds is 5. The van der Waals surface area contributed by atoms with Gasteiger partial charge in [-0.3, -0.25) is 4.79 Å². The smallest absolute Gasteiger partial charge is 0.234 e. The number of thioether (sulfide) groups is 2. The Bertz CT molecular complexity index is 574. The van der Waals surface area contributed by atoms with Gasteiger partial charge >= 0.3 is 0 Å². The van der Waals surface area contributed by atoms with Crippen molar-refractivity contribution in [1.29, 1.82) is 10.5 Å². The fourth-order valence-corrected chi connectivity index (χ4v) is 2.66. The van der Waals surface area contributed by atoms with E-state index >= 15 is 0 Å². The number of carbonyl (C=O) groups is 1. The molecule has 0 aliphatic rings. The Morgan fingerprint density at radius 3 is 2.63 bits per heavy atom. The van der Waals surface area contributed by atoms with E-state index in [1.807, 2.05) is 35.9 Å². The van der Waals surface area contributed by atoms with Gasteiger partial charge in [0.25, 0.3) is 0 Å². The van der Waals surface area contributed by atoms with E-state index in [-0.39, 0.29) is 0 Å². The highest BCUT2D eigenvalue weighted by atomic mass is 32.2. The Kier molecular flexibility index (Phi) is 5.29. The maximum Gasteiger partial charge on any atom is 0.234 e. The molecule has 0 heterocycles. The number of nitrogens with zero attached hydrogens (tertiary/aromatic N) is 2. The van der Waals surface area contributed by atoms with Crippen molar-refractivity contribution < 1.29 is 4.79 Å². The molecule has 1 aromatic rings. The molecular formula is C13H13N3OS2. The first-order valence-electron chi connectivity index (χ1n) is 5.45. The number of nitriles is 2. The van der Waals surface area contributed by atoms with Crippen LogP contribution in [0.2, 0.25) is 0 Å². The third-order valence-electron chi connectivity index (χ3n) is 2.74. The number of primary amides is 1. The van der Waals surface area contributed by atoms with Crippen LogP contribution < -0.4 is 5.73 Å². The summed E-state index contributed by atoms with van der Waals surface area (Å²) in [5.74, 6) is -0.519. The third kappa shape index (κ3) is 3.92. The molecule has 19 heavy (non-hydrogen) atoms. The second kappa shape index (κ2) is 6.51. The average Bonchev–Trinajstić information content (AvgIpc) is 2.34. The molecule has 1 aromatic carbocycles. The van der Waals surface area contributed by atoms with Gasteiger partial charge in [-0.15, -0.1) is 0 Å². The standard InChI is InChI=1S/C13H13N3OS2/c1-9-3-4-10(5-11(9)18-7-14)6-13(2,12(16)17)19-8-15/h3-5H,6H2,1-2H3,(H2,16,17). The zero-order valence-corrected chi connectivity index (χ0v) is 12.3. The van der Waals surface area contributed by atoms with Gasteiger partial charge in [-0.05, 0) is 61.0 Å². The van der Waals surface area contributed by atoms with Gasteiger partial charge in [-0.2, -0.15) is 10.5 Å². The van der Waals surface area contributed by atoms with Crippen molar-refractivity contribution in [3.63, 3.8) is 0 Å². The Morgan fingerprint density at radius 2 is 2.11 bits per heavy atom. The molecule has 98 valence electrons. The number of hydrogen-bond acceptors (Lipinski definition) is 5. The van der Waals surface area contributed by atoms with Crippen LogP contribution in [0.5, 0.6) is 0 Å². The molecule has 4 nitrogen and oxygen atoms in total. The minimum Gasteiger partial charge on any atom is -0.368 e. The van der Waals surface area contributed by atoms with E-state index in [4.69, 9.17) is 16.3 Å². The molecule has 0 fully saturated rings. The summed E-state index contributed by atoms with van der Waals surface area (Å²) in [5.41, 5.74) is 7.25. The number of benzene rings is 1. The van der Waals surface area contributed by atoms with Crippen molar-refractivity contribution in [2.24, 2.45) is 5.73 Å². The molecule has 0 saturated heterocycles. The SMILES string of the molecule is Cc1ccc(CC(C)(SC#N)C(N)=O)cc1SC#N. The maximum absolute atomic E-state index is 11.5. The van der Waals surface area contributed by atoms with E-state index in [9.17, 15) is 4.79 Å². The summed E-state index contributed by atoms with van der Waals surface area (Å²) in [5, 5.41) is 21.5. The van der Waals surface area contributed by atoms with Crippen LogP contribution in [0.4, 0.5) is 0 Å². The van der Waals surface area contributed by atoms with E-state index in [0.29, 0.717) is 6.42 Å². The van der Waals surface area contributed by atoms with E-state index < -0.39 is 10.7 Å². The van der Waals surface area contributed by atoms with Gasteiger partial charge in [-0.25, -0.2) is 0 Å². The number of nitrogens with two attached hydrogens (primary N) is 1. The molecule has 1 atom stereocenters. The lowest BCUT2D eigenvalue weighted by atomic mass is 9.99. The molecule has 0 aliphatic heterocycles. The van der Waals surface area contributed by atoms with Crippen LogP contribution in [0.15, 0.2) is 23.1 Å². The molecule has 0 spiro atoms. The lowest BCUT2D eigenvalue weighted by Gasteiger charge is -2.22. The van der Waals surface area contributed by atoms with Gasteiger partial charge in [0.15, 0.2) is 0 Å². The van der Waals surface area contributed by atoms with Crippen LogP contribution in [0.1, 0.15) is 18.1 Å². The van der Waals surface area contributed by atoms with Crippen molar-refractivity contribution in [1.82, 2.24) is 0 Å². The molecule has 0 saturated carbocycles. The molecule has 1 amide bonds. The second-order valence-electron chi connectivity index (χ2n) is 4.26. The molecular weight excluding hydrogens is 278 g/mol. The largest absolute Gasteiger partial charge is 0.368 e. The molecule has 0 aliphatic carbocycles. The van der Waals surface area contributed by atoms with E-state index in [1.54, 1.807) is 6.92 Å². The van der Waals surface area contributed by atoms with Crippen LogP contribution >= 0.6 is 23.5 Å². The van der Waals surface area contributed by atoms with Gasteiger partial charge in [0.05, 0.1) is 0 Å². The van der Waals surface area contributed by atoms with Gasteiger partial charge in [0.1, 0.15) is 15.5 Å². The number of hydrogen-bond donors (Lipinski definition) is 1. The molecule has 6 heteroatoms.